The maximum atomic E-state index is 11.0. The fourth-order valence-corrected chi connectivity index (χ4v) is 0.662. The molecule has 2 heteroatoms. The van der Waals surface area contributed by atoms with Crippen molar-refractivity contribution in [3.05, 3.63) is 11.6 Å². The van der Waals surface area contributed by atoms with Crippen LogP contribution in [0.1, 0.15) is 40.0 Å². The van der Waals surface area contributed by atoms with Gasteiger partial charge in [-0.2, -0.15) is 0 Å². The fraction of sp³-hybridized carbons (Fsp3) is 0.700. The zero-order valence-corrected chi connectivity index (χ0v) is 8.22. The molecule has 0 saturated carbocycles. The smallest absolute Gasteiger partial charge is 0.330 e. The van der Waals surface area contributed by atoms with Gasteiger partial charge in [0.15, 0.2) is 0 Å². The van der Waals surface area contributed by atoms with E-state index in [9.17, 15) is 4.79 Å². The second kappa shape index (κ2) is 6.89. The van der Waals surface area contributed by atoms with Crippen LogP contribution in [0.15, 0.2) is 11.6 Å². The van der Waals surface area contributed by atoms with Crippen LogP contribution in [0.25, 0.3) is 0 Å². The minimum absolute atomic E-state index is 0.206. The third-order valence-electron chi connectivity index (χ3n) is 1.66. The van der Waals surface area contributed by atoms with E-state index in [0.717, 1.165) is 24.8 Å². The Labute approximate surface area is 74.6 Å². The highest BCUT2D eigenvalue weighted by molar-refractivity contribution is 5.82. The Hall–Kier alpha value is -0.790. The van der Waals surface area contributed by atoms with Crippen molar-refractivity contribution in [2.24, 2.45) is 0 Å². The third-order valence-corrected chi connectivity index (χ3v) is 1.66. The molecule has 0 bridgehead atoms. The van der Waals surface area contributed by atoms with Gasteiger partial charge in [0.25, 0.3) is 0 Å². The maximum Gasteiger partial charge on any atom is 0.330 e. The summed E-state index contributed by atoms with van der Waals surface area (Å²) in [6.07, 6.45) is 4.48. The van der Waals surface area contributed by atoms with Gasteiger partial charge < -0.3 is 4.74 Å². The number of rotatable bonds is 5. The Morgan fingerprint density at radius 1 is 1.42 bits per heavy atom. The number of esters is 1. The lowest BCUT2D eigenvalue weighted by molar-refractivity contribution is -0.137. The lowest BCUT2D eigenvalue weighted by atomic mass is 10.2. The van der Waals surface area contributed by atoms with Crippen molar-refractivity contribution >= 4 is 5.97 Å². The number of hydrogen-bond donors (Lipinski definition) is 0. The Morgan fingerprint density at radius 2 is 2.08 bits per heavy atom. The van der Waals surface area contributed by atoms with Crippen molar-refractivity contribution in [1.29, 1.82) is 0 Å². The zero-order chi connectivity index (χ0) is 9.40. The molecule has 70 valence electrons. The van der Waals surface area contributed by atoms with Gasteiger partial charge in [-0.25, -0.2) is 4.79 Å². The highest BCUT2D eigenvalue weighted by Gasteiger charge is 1.96. The summed E-state index contributed by atoms with van der Waals surface area (Å²) in [5, 5.41) is 0. The van der Waals surface area contributed by atoms with E-state index in [1.165, 1.54) is 0 Å². The summed E-state index contributed by atoms with van der Waals surface area (Å²) in [4.78, 5) is 11.0. The molecular weight excluding hydrogens is 152 g/mol. The largest absolute Gasteiger partial charge is 0.463 e. The highest BCUT2D eigenvalue weighted by Crippen LogP contribution is 1.98. The first-order chi connectivity index (χ1) is 5.70. The molecule has 0 heterocycles. The van der Waals surface area contributed by atoms with Gasteiger partial charge in [-0.05, 0) is 19.8 Å². The van der Waals surface area contributed by atoms with E-state index >= 15 is 0 Å². The van der Waals surface area contributed by atoms with E-state index in [2.05, 4.69) is 6.92 Å². The molecule has 0 spiro atoms. The van der Waals surface area contributed by atoms with Gasteiger partial charge in [0.1, 0.15) is 0 Å². The van der Waals surface area contributed by atoms with Crippen LogP contribution in [-0.2, 0) is 9.53 Å². The van der Waals surface area contributed by atoms with E-state index in [1.807, 2.05) is 13.8 Å². The Kier molecular flexibility index (Phi) is 6.44. The lowest BCUT2D eigenvalue weighted by Gasteiger charge is -2.00. The van der Waals surface area contributed by atoms with Gasteiger partial charge in [0.05, 0.1) is 6.61 Å². The second-order valence-electron chi connectivity index (χ2n) is 2.87. The van der Waals surface area contributed by atoms with Gasteiger partial charge in [0.2, 0.25) is 0 Å². The van der Waals surface area contributed by atoms with Crippen LogP contribution in [0, 0.1) is 0 Å². The molecule has 0 aliphatic rings. The lowest BCUT2D eigenvalue weighted by Crippen LogP contribution is -2.02. The van der Waals surface area contributed by atoms with Crippen LogP contribution in [0.4, 0.5) is 0 Å². The summed E-state index contributed by atoms with van der Waals surface area (Å²) in [5.74, 6) is -0.206. The first kappa shape index (κ1) is 11.2. The average Bonchev–Trinajstić information content (AvgIpc) is 2.05. The van der Waals surface area contributed by atoms with Crippen molar-refractivity contribution in [2.75, 3.05) is 6.61 Å². The number of carbonyl (C=O) groups excluding carboxylic acids is 1. The summed E-state index contributed by atoms with van der Waals surface area (Å²) >= 11 is 0. The number of allylic oxidation sites excluding steroid dienone is 1. The third kappa shape index (κ3) is 5.96. The van der Waals surface area contributed by atoms with Crippen molar-refractivity contribution in [1.82, 2.24) is 0 Å². The summed E-state index contributed by atoms with van der Waals surface area (Å²) in [7, 11) is 0. The summed E-state index contributed by atoms with van der Waals surface area (Å²) in [6.45, 7) is 6.57. The molecule has 0 fully saturated rings. The van der Waals surface area contributed by atoms with Crippen LogP contribution in [0.5, 0.6) is 0 Å². The van der Waals surface area contributed by atoms with E-state index in [-0.39, 0.29) is 5.97 Å². The molecule has 0 aromatic carbocycles. The number of ether oxygens (including phenoxy) is 1. The first-order valence-corrected chi connectivity index (χ1v) is 4.54. The van der Waals surface area contributed by atoms with E-state index in [0.29, 0.717) is 6.61 Å². The van der Waals surface area contributed by atoms with Crippen LogP contribution in [0.3, 0.4) is 0 Å². The molecular formula is C10H18O2. The second-order valence-corrected chi connectivity index (χ2v) is 2.87. The highest BCUT2D eigenvalue weighted by atomic mass is 16.5. The molecule has 0 rings (SSSR count). The summed E-state index contributed by atoms with van der Waals surface area (Å²) in [6, 6.07) is 0. The van der Waals surface area contributed by atoms with Crippen molar-refractivity contribution < 1.29 is 9.53 Å². The summed E-state index contributed by atoms with van der Waals surface area (Å²) in [5.41, 5.74) is 1.07. The van der Waals surface area contributed by atoms with Crippen LogP contribution in [-0.4, -0.2) is 12.6 Å². The fourth-order valence-electron chi connectivity index (χ4n) is 0.662. The molecule has 0 amide bonds. The molecule has 0 radical (unpaired) electrons. The van der Waals surface area contributed by atoms with Crippen molar-refractivity contribution in [3.63, 3.8) is 0 Å². The first-order valence-electron chi connectivity index (χ1n) is 4.54. The molecule has 12 heavy (non-hydrogen) atoms. The molecule has 0 N–H and O–H groups in total. The topological polar surface area (TPSA) is 26.3 Å². The monoisotopic (exact) mass is 170 g/mol. The van der Waals surface area contributed by atoms with E-state index in [4.69, 9.17) is 4.74 Å². The predicted octanol–water partition coefficient (Wildman–Crippen LogP) is 2.69. The Bertz CT molecular complexity index is 159. The Balaban J connectivity index is 3.59. The molecule has 0 aliphatic heterocycles. The molecule has 0 aromatic heterocycles. The Morgan fingerprint density at radius 3 is 2.58 bits per heavy atom. The molecule has 0 aromatic rings. The number of hydrogen-bond acceptors (Lipinski definition) is 2. The maximum absolute atomic E-state index is 11.0. The quantitative estimate of drug-likeness (QED) is 0.360. The SMILES string of the molecule is CCCCOC(=O)/C=C(\C)CC. The van der Waals surface area contributed by atoms with E-state index in [1.54, 1.807) is 6.08 Å². The summed E-state index contributed by atoms with van der Waals surface area (Å²) < 4.78 is 4.94. The molecule has 0 atom stereocenters. The average molecular weight is 170 g/mol. The zero-order valence-electron chi connectivity index (χ0n) is 8.22. The van der Waals surface area contributed by atoms with Gasteiger partial charge in [-0.1, -0.05) is 25.8 Å². The standard InChI is InChI=1S/C10H18O2/c1-4-6-7-12-10(11)8-9(3)5-2/h8H,4-7H2,1-3H3/b9-8+. The normalized spacial score (nSPS) is 11.4. The van der Waals surface area contributed by atoms with Gasteiger partial charge in [-0.15, -0.1) is 0 Å². The van der Waals surface area contributed by atoms with Gasteiger partial charge in [0, 0.05) is 6.08 Å². The van der Waals surface area contributed by atoms with Gasteiger partial charge >= 0.3 is 5.97 Å². The van der Waals surface area contributed by atoms with E-state index < -0.39 is 0 Å². The minimum atomic E-state index is -0.206. The molecule has 2 nitrogen and oxygen atoms in total. The minimum Gasteiger partial charge on any atom is -0.463 e. The van der Waals surface area contributed by atoms with Crippen LogP contribution >= 0.6 is 0 Å². The van der Waals surface area contributed by atoms with Crippen LogP contribution < -0.4 is 0 Å². The molecule has 0 saturated heterocycles. The molecule has 0 unspecified atom stereocenters. The van der Waals surface area contributed by atoms with Gasteiger partial charge in [-0.3, -0.25) is 0 Å². The van der Waals surface area contributed by atoms with Crippen molar-refractivity contribution in [2.45, 2.75) is 40.0 Å². The van der Waals surface area contributed by atoms with Crippen molar-refractivity contribution in [3.8, 4) is 0 Å². The number of carbonyl (C=O) groups is 1. The number of unbranched alkanes of at least 4 members (excludes halogenated alkanes) is 1. The van der Waals surface area contributed by atoms with Crippen LogP contribution in [0.2, 0.25) is 0 Å². The molecule has 0 aliphatic carbocycles. The predicted molar refractivity (Wildman–Crippen MR) is 49.9 cm³/mol.